The molecule has 0 bridgehead atoms. The lowest BCUT2D eigenvalue weighted by Crippen LogP contribution is -2.24. The first-order valence-electron chi connectivity index (χ1n) is 4.03. The summed E-state index contributed by atoms with van der Waals surface area (Å²) in [6, 6.07) is -0.374. The van der Waals surface area contributed by atoms with Gasteiger partial charge in [-0.15, -0.1) is 0 Å². The Labute approximate surface area is 80.5 Å². The Morgan fingerprint density at radius 2 is 2.29 bits per heavy atom. The molecule has 0 unspecified atom stereocenters. The predicted octanol–water partition coefficient (Wildman–Crippen LogP) is -0.0294. The van der Waals surface area contributed by atoms with E-state index in [1.165, 1.54) is 6.92 Å². The summed E-state index contributed by atoms with van der Waals surface area (Å²) in [6.07, 6.45) is 1.16. The molecule has 2 amide bonds. The van der Waals surface area contributed by atoms with Gasteiger partial charge in [-0.2, -0.15) is 0 Å². The smallest absolute Gasteiger partial charge is 0.270 e. The molecular weight excluding hydrogens is 186 g/mol. The Kier molecular flexibility index (Phi) is 2.85. The number of nitrogens with two attached hydrogens (primary N) is 1. The molecule has 0 aliphatic carbocycles. The molecule has 0 radical (unpaired) electrons. The maximum absolute atomic E-state index is 10.7. The van der Waals surface area contributed by atoms with E-state index < -0.39 is 5.91 Å². The minimum Gasteiger partial charge on any atom is -0.446 e. The molecule has 0 aliphatic rings. The number of hydrogen-bond donors (Lipinski definition) is 2. The van der Waals surface area contributed by atoms with Gasteiger partial charge in [-0.1, -0.05) is 0 Å². The number of hydrogen-bond acceptors (Lipinski definition) is 4. The summed E-state index contributed by atoms with van der Waals surface area (Å²) in [5, 5.41) is 2.56. The summed E-state index contributed by atoms with van der Waals surface area (Å²) < 4.78 is 4.96. The van der Waals surface area contributed by atoms with Crippen molar-refractivity contribution in [1.29, 1.82) is 0 Å². The second kappa shape index (κ2) is 3.91. The van der Waals surface area contributed by atoms with Crippen LogP contribution in [0, 0.1) is 0 Å². The molecule has 14 heavy (non-hydrogen) atoms. The van der Waals surface area contributed by atoms with Gasteiger partial charge in [0, 0.05) is 6.92 Å². The first-order valence-corrected chi connectivity index (χ1v) is 4.03. The van der Waals surface area contributed by atoms with Crippen LogP contribution in [0.4, 0.5) is 0 Å². The molecule has 6 heteroatoms. The van der Waals surface area contributed by atoms with Crippen LogP contribution in [-0.2, 0) is 4.79 Å². The monoisotopic (exact) mass is 197 g/mol. The Hall–Kier alpha value is -1.85. The van der Waals surface area contributed by atoms with Gasteiger partial charge in [0.1, 0.15) is 12.3 Å². The molecule has 1 rings (SSSR count). The van der Waals surface area contributed by atoms with E-state index in [0.29, 0.717) is 0 Å². The van der Waals surface area contributed by atoms with Crippen molar-refractivity contribution < 1.29 is 14.0 Å². The van der Waals surface area contributed by atoms with E-state index in [2.05, 4.69) is 10.3 Å². The van der Waals surface area contributed by atoms with E-state index in [4.69, 9.17) is 10.2 Å². The van der Waals surface area contributed by atoms with E-state index in [9.17, 15) is 9.59 Å². The molecule has 3 N–H and O–H groups in total. The molecule has 0 saturated carbocycles. The number of amides is 2. The largest absolute Gasteiger partial charge is 0.446 e. The fourth-order valence-electron chi connectivity index (χ4n) is 0.966. The molecule has 1 atom stereocenters. The number of carbonyl (C=O) groups excluding carboxylic acids is 2. The molecular formula is C8H11N3O3. The molecule has 1 heterocycles. The number of oxazole rings is 1. The fourth-order valence-corrected chi connectivity index (χ4v) is 0.966. The molecule has 1 aromatic rings. The first kappa shape index (κ1) is 10.2. The standard InChI is InChI=1S/C8H11N3O3/c1-4(10-5(2)12)8-11-6(3-14-8)7(9)13/h3-4H,1-2H3,(H2,9,13)(H,10,12)/t4-/m0/s1. The fraction of sp³-hybridized carbons (Fsp3) is 0.375. The summed E-state index contributed by atoms with van der Waals surface area (Å²) in [5.74, 6) is -0.597. The quantitative estimate of drug-likeness (QED) is 0.710. The summed E-state index contributed by atoms with van der Waals surface area (Å²) in [6.45, 7) is 3.08. The van der Waals surface area contributed by atoms with Gasteiger partial charge in [0.05, 0.1) is 0 Å². The van der Waals surface area contributed by atoms with Crippen molar-refractivity contribution in [2.45, 2.75) is 19.9 Å². The Morgan fingerprint density at radius 3 is 2.71 bits per heavy atom. The SMILES string of the molecule is CC(=O)N[C@@H](C)c1nc(C(N)=O)co1. The highest BCUT2D eigenvalue weighted by atomic mass is 16.3. The maximum Gasteiger partial charge on any atom is 0.270 e. The molecule has 1 aromatic heterocycles. The van der Waals surface area contributed by atoms with E-state index in [0.717, 1.165) is 6.26 Å². The Bertz CT molecular complexity index is 358. The van der Waals surface area contributed by atoms with Crippen LogP contribution in [0.25, 0.3) is 0 Å². The number of rotatable bonds is 3. The predicted molar refractivity (Wildman–Crippen MR) is 47.3 cm³/mol. The summed E-state index contributed by atoms with van der Waals surface area (Å²) in [5.41, 5.74) is 5.03. The van der Waals surface area contributed by atoms with E-state index >= 15 is 0 Å². The second-order valence-electron chi connectivity index (χ2n) is 2.86. The van der Waals surface area contributed by atoms with Crippen molar-refractivity contribution >= 4 is 11.8 Å². The third-order valence-corrected chi connectivity index (χ3v) is 1.56. The topological polar surface area (TPSA) is 98.2 Å². The van der Waals surface area contributed by atoms with Crippen LogP contribution in [0.3, 0.4) is 0 Å². The zero-order valence-electron chi connectivity index (χ0n) is 7.90. The minimum absolute atomic E-state index is 0.0530. The van der Waals surface area contributed by atoms with Crippen LogP contribution >= 0.6 is 0 Å². The summed E-state index contributed by atoms with van der Waals surface area (Å²) in [4.78, 5) is 25.2. The van der Waals surface area contributed by atoms with Crippen LogP contribution in [0.15, 0.2) is 10.7 Å². The highest BCUT2D eigenvalue weighted by Gasteiger charge is 2.15. The highest BCUT2D eigenvalue weighted by Crippen LogP contribution is 2.11. The zero-order valence-corrected chi connectivity index (χ0v) is 7.90. The van der Waals surface area contributed by atoms with Crippen LogP contribution < -0.4 is 11.1 Å². The Balaban J connectivity index is 2.76. The van der Waals surface area contributed by atoms with Crippen LogP contribution in [0.1, 0.15) is 36.3 Å². The highest BCUT2D eigenvalue weighted by molar-refractivity contribution is 5.90. The number of primary amides is 1. The summed E-state index contributed by atoms with van der Waals surface area (Å²) in [7, 11) is 0. The number of carbonyl (C=O) groups is 2. The molecule has 0 aromatic carbocycles. The molecule has 6 nitrogen and oxygen atoms in total. The lowest BCUT2D eigenvalue weighted by molar-refractivity contribution is -0.119. The normalized spacial score (nSPS) is 12.1. The lowest BCUT2D eigenvalue weighted by atomic mass is 10.3. The van der Waals surface area contributed by atoms with Crippen LogP contribution in [0.2, 0.25) is 0 Å². The molecule has 0 saturated heterocycles. The van der Waals surface area contributed by atoms with E-state index in [1.54, 1.807) is 6.92 Å². The van der Waals surface area contributed by atoms with Gasteiger partial charge in [0.2, 0.25) is 11.8 Å². The van der Waals surface area contributed by atoms with Gasteiger partial charge in [0.25, 0.3) is 5.91 Å². The lowest BCUT2D eigenvalue weighted by Gasteiger charge is -2.06. The van der Waals surface area contributed by atoms with Gasteiger partial charge in [-0.05, 0) is 6.92 Å². The third-order valence-electron chi connectivity index (χ3n) is 1.56. The molecule has 0 fully saturated rings. The molecule has 0 spiro atoms. The van der Waals surface area contributed by atoms with Crippen molar-refractivity contribution in [2.75, 3.05) is 0 Å². The first-order chi connectivity index (χ1) is 6.50. The van der Waals surface area contributed by atoms with Gasteiger partial charge in [-0.25, -0.2) is 4.98 Å². The van der Waals surface area contributed by atoms with Gasteiger partial charge >= 0.3 is 0 Å². The molecule has 76 valence electrons. The summed E-state index contributed by atoms with van der Waals surface area (Å²) >= 11 is 0. The van der Waals surface area contributed by atoms with Crippen molar-refractivity contribution in [3.05, 3.63) is 17.8 Å². The third kappa shape index (κ3) is 2.32. The second-order valence-corrected chi connectivity index (χ2v) is 2.86. The van der Waals surface area contributed by atoms with Crippen molar-refractivity contribution in [2.24, 2.45) is 5.73 Å². The average molecular weight is 197 g/mol. The molecule has 0 aliphatic heterocycles. The van der Waals surface area contributed by atoms with Crippen molar-refractivity contribution in [3.8, 4) is 0 Å². The van der Waals surface area contributed by atoms with E-state index in [-0.39, 0.29) is 23.5 Å². The Morgan fingerprint density at radius 1 is 1.64 bits per heavy atom. The van der Waals surface area contributed by atoms with Gasteiger partial charge < -0.3 is 15.5 Å². The number of nitrogens with zero attached hydrogens (tertiary/aromatic N) is 1. The zero-order chi connectivity index (χ0) is 10.7. The van der Waals surface area contributed by atoms with Gasteiger partial charge in [-0.3, -0.25) is 9.59 Å². The van der Waals surface area contributed by atoms with E-state index in [1.807, 2.05) is 0 Å². The average Bonchev–Trinajstić information content (AvgIpc) is 2.50. The maximum atomic E-state index is 10.7. The number of nitrogens with one attached hydrogen (secondary N) is 1. The van der Waals surface area contributed by atoms with Crippen molar-refractivity contribution in [3.63, 3.8) is 0 Å². The number of aromatic nitrogens is 1. The minimum atomic E-state index is -0.657. The van der Waals surface area contributed by atoms with Crippen LogP contribution in [-0.4, -0.2) is 16.8 Å². The van der Waals surface area contributed by atoms with Crippen LogP contribution in [0.5, 0.6) is 0 Å². The van der Waals surface area contributed by atoms with Gasteiger partial charge in [0.15, 0.2) is 5.69 Å². The van der Waals surface area contributed by atoms with Crippen molar-refractivity contribution in [1.82, 2.24) is 10.3 Å².